The summed E-state index contributed by atoms with van der Waals surface area (Å²) in [4.78, 5) is 23.6. The number of nitrogen functional groups attached to an aromatic ring is 1. The number of fused-ring (bicyclic) bond motifs is 1. The first-order chi connectivity index (χ1) is 17.3. The average molecular weight is 491 g/mol. The van der Waals surface area contributed by atoms with Crippen LogP contribution >= 0.6 is 0 Å². The maximum Gasteiger partial charge on any atom is 0.341 e. The second kappa shape index (κ2) is 10.5. The van der Waals surface area contributed by atoms with Gasteiger partial charge < -0.3 is 34.7 Å². The first-order valence-electron chi connectivity index (χ1n) is 11.3. The molecule has 10 heteroatoms. The van der Waals surface area contributed by atoms with E-state index in [1.165, 1.54) is 13.3 Å². The second-order valence-corrected chi connectivity index (χ2v) is 8.49. The highest BCUT2D eigenvalue weighted by molar-refractivity contribution is 6.02. The number of hydrogen-bond donors (Lipinski definition) is 2. The molecule has 2 aromatic carbocycles. The number of nitrogens with one attached hydrogen (secondary N) is 1. The lowest BCUT2D eigenvalue weighted by atomic mass is 10.1. The Morgan fingerprint density at radius 2 is 1.94 bits per heavy atom. The number of aryl methyl sites for hydroxylation is 1. The van der Waals surface area contributed by atoms with Crippen molar-refractivity contribution in [1.82, 2.24) is 19.4 Å². The van der Waals surface area contributed by atoms with E-state index >= 15 is 0 Å². The van der Waals surface area contributed by atoms with Crippen molar-refractivity contribution >= 4 is 34.2 Å². The molecule has 2 aromatic heterocycles. The summed E-state index contributed by atoms with van der Waals surface area (Å²) in [6.45, 7) is 1.23. The Morgan fingerprint density at radius 3 is 2.67 bits per heavy atom. The predicted molar refractivity (Wildman–Crippen MR) is 140 cm³/mol. The Morgan fingerprint density at radius 1 is 1.17 bits per heavy atom. The number of likely N-dealkylation sites (N-methyl/N-ethyl adjacent to an activating group) is 1. The van der Waals surface area contributed by atoms with E-state index < -0.39 is 5.97 Å². The summed E-state index contributed by atoms with van der Waals surface area (Å²) in [5, 5.41) is 4.12. The zero-order valence-electron chi connectivity index (χ0n) is 21.0. The smallest absolute Gasteiger partial charge is 0.341 e. The first kappa shape index (κ1) is 24.8. The fourth-order valence-electron chi connectivity index (χ4n) is 3.87. The van der Waals surface area contributed by atoms with Crippen molar-refractivity contribution in [2.45, 2.75) is 0 Å². The van der Waals surface area contributed by atoms with Crippen LogP contribution in [-0.2, 0) is 11.8 Å². The zero-order chi connectivity index (χ0) is 25.8. The number of aromatic nitrogens is 3. The third-order valence-electron chi connectivity index (χ3n) is 5.72. The van der Waals surface area contributed by atoms with Gasteiger partial charge >= 0.3 is 5.97 Å². The molecule has 10 nitrogen and oxygen atoms in total. The predicted octanol–water partition coefficient (Wildman–Crippen LogP) is 3.70. The van der Waals surface area contributed by atoms with Crippen LogP contribution in [0.3, 0.4) is 0 Å². The van der Waals surface area contributed by atoms with E-state index in [-0.39, 0.29) is 11.5 Å². The van der Waals surface area contributed by atoms with Gasteiger partial charge in [0.15, 0.2) is 0 Å². The quantitative estimate of drug-likeness (QED) is 0.267. The molecule has 0 fully saturated rings. The number of anilines is 3. The summed E-state index contributed by atoms with van der Waals surface area (Å²) < 4.78 is 18.3. The van der Waals surface area contributed by atoms with Gasteiger partial charge in [-0.15, -0.1) is 0 Å². The second-order valence-electron chi connectivity index (χ2n) is 8.49. The number of nitrogens with zero attached hydrogens (tertiary/aromatic N) is 4. The molecule has 2 heterocycles. The van der Waals surface area contributed by atoms with Crippen molar-refractivity contribution in [3.05, 3.63) is 54.4 Å². The highest BCUT2D eigenvalue weighted by Gasteiger charge is 2.21. The molecular weight excluding hydrogens is 460 g/mol. The summed E-state index contributed by atoms with van der Waals surface area (Å²) in [5.74, 6) is 0.782. The maximum atomic E-state index is 12.5. The number of ether oxygens (including phenoxy) is 3. The van der Waals surface area contributed by atoms with Gasteiger partial charge in [-0.2, -0.15) is 0 Å². The minimum absolute atomic E-state index is 0.260. The maximum absolute atomic E-state index is 12.5. The molecule has 0 saturated carbocycles. The summed E-state index contributed by atoms with van der Waals surface area (Å²) in [6, 6.07) is 11.3. The minimum Gasteiger partial charge on any atom is -0.494 e. The van der Waals surface area contributed by atoms with Crippen LogP contribution in [-0.4, -0.2) is 66.9 Å². The van der Waals surface area contributed by atoms with Gasteiger partial charge in [-0.1, -0.05) is 18.2 Å². The number of carbonyl (C=O) groups excluding carboxylic acids is 1. The van der Waals surface area contributed by atoms with E-state index in [0.29, 0.717) is 35.2 Å². The largest absolute Gasteiger partial charge is 0.494 e. The van der Waals surface area contributed by atoms with E-state index in [9.17, 15) is 4.79 Å². The van der Waals surface area contributed by atoms with Gasteiger partial charge in [0.1, 0.15) is 23.7 Å². The lowest BCUT2D eigenvalue weighted by Gasteiger charge is -2.16. The highest BCUT2D eigenvalue weighted by Crippen LogP contribution is 2.37. The lowest BCUT2D eigenvalue weighted by Crippen LogP contribution is -2.19. The molecule has 0 aliphatic heterocycles. The Balaban J connectivity index is 1.73. The molecule has 0 aliphatic rings. The number of esters is 1. The van der Waals surface area contributed by atoms with Crippen LogP contribution in [0.4, 0.5) is 17.3 Å². The van der Waals surface area contributed by atoms with Gasteiger partial charge in [0.05, 0.1) is 31.3 Å². The van der Waals surface area contributed by atoms with Crippen molar-refractivity contribution in [3.8, 4) is 22.8 Å². The van der Waals surface area contributed by atoms with Crippen LogP contribution in [0.5, 0.6) is 11.5 Å². The Kier molecular flexibility index (Phi) is 7.25. The van der Waals surface area contributed by atoms with Gasteiger partial charge in [0, 0.05) is 48.5 Å². The number of benzene rings is 2. The Bertz CT molecular complexity index is 1400. The van der Waals surface area contributed by atoms with Crippen LogP contribution in [0.15, 0.2) is 48.8 Å². The molecule has 0 atom stereocenters. The van der Waals surface area contributed by atoms with Crippen LogP contribution in [0.2, 0.25) is 0 Å². The van der Waals surface area contributed by atoms with Crippen molar-refractivity contribution in [2.24, 2.45) is 7.05 Å². The van der Waals surface area contributed by atoms with Gasteiger partial charge in [-0.3, -0.25) is 0 Å². The molecule has 0 unspecified atom stereocenters. The van der Waals surface area contributed by atoms with Gasteiger partial charge in [-0.25, -0.2) is 14.8 Å². The minimum atomic E-state index is -0.523. The average Bonchev–Trinajstić information content (AvgIpc) is 3.21. The van der Waals surface area contributed by atoms with E-state index in [2.05, 4.69) is 10.3 Å². The molecular formula is C26H30N6O4. The van der Waals surface area contributed by atoms with Crippen LogP contribution < -0.4 is 20.5 Å². The van der Waals surface area contributed by atoms with Gasteiger partial charge in [0.25, 0.3) is 0 Å². The molecule has 0 saturated heterocycles. The number of carbonyl (C=O) groups is 1. The van der Waals surface area contributed by atoms with Crippen LogP contribution in [0.25, 0.3) is 22.2 Å². The first-order valence-corrected chi connectivity index (χ1v) is 11.3. The normalized spacial score (nSPS) is 11.1. The number of hydrogen-bond acceptors (Lipinski definition) is 9. The molecule has 0 spiro atoms. The van der Waals surface area contributed by atoms with Crippen LogP contribution in [0.1, 0.15) is 10.4 Å². The third kappa shape index (κ3) is 5.03. The SMILES string of the molecule is COC(=O)c1cnc(Nc2cc(N)c(OCCN(C)C)cc2OC)nc1-c1cn(C)c2ccccc12. The van der Waals surface area contributed by atoms with Gasteiger partial charge in [0.2, 0.25) is 5.95 Å². The van der Waals surface area contributed by atoms with E-state index in [1.54, 1.807) is 19.2 Å². The third-order valence-corrected chi connectivity index (χ3v) is 5.72. The summed E-state index contributed by atoms with van der Waals surface area (Å²) in [6.07, 6.45) is 3.38. The summed E-state index contributed by atoms with van der Waals surface area (Å²) in [5.41, 5.74) is 9.75. The van der Waals surface area contributed by atoms with Gasteiger partial charge in [-0.05, 0) is 26.2 Å². The molecule has 0 aliphatic carbocycles. The standard InChI is InChI=1S/C26H30N6O4/c1-31(2)10-11-36-22-13-23(34-4)20(12-19(22)27)29-26-28-14-17(25(33)35-5)24(30-26)18-15-32(3)21-9-7-6-8-16(18)21/h6-9,12-15H,10-11,27H2,1-5H3,(H,28,29,30). The van der Waals surface area contributed by atoms with Crippen molar-refractivity contribution in [1.29, 1.82) is 0 Å². The summed E-state index contributed by atoms with van der Waals surface area (Å²) in [7, 11) is 8.77. The molecule has 0 amide bonds. The molecule has 3 N–H and O–H groups in total. The monoisotopic (exact) mass is 490 g/mol. The molecule has 4 rings (SSSR count). The molecule has 0 radical (unpaired) electrons. The lowest BCUT2D eigenvalue weighted by molar-refractivity contribution is 0.0601. The van der Waals surface area contributed by atoms with Crippen molar-refractivity contribution in [3.63, 3.8) is 0 Å². The van der Waals surface area contributed by atoms with Crippen LogP contribution in [0, 0.1) is 0 Å². The molecule has 0 bridgehead atoms. The molecule has 188 valence electrons. The number of nitrogens with two attached hydrogens (primary N) is 1. The van der Waals surface area contributed by atoms with Crippen molar-refractivity contribution in [2.75, 3.05) is 52.5 Å². The number of methoxy groups -OCH3 is 2. The fourth-order valence-corrected chi connectivity index (χ4v) is 3.87. The van der Waals surface area contributed by atoms with E-state index in [1.807, 2.05) is 61.1 Å². The van der Waals surface area contributed by atoms with E-state index in [0.717, 1.165) is 23.0 Å². The van der Waals surface area contributed by atoms with Crippen molar-refractivity contribution < 1.29 is 19.0 Å². The van der Waals surface area contributed by atoms with E-state index in [4.69, 9.17) is 24.9 Å². The zero-order valence-corrected chi connectivity index (χ0v) is 21.0. The molecule has 36 heavy (non-hydrogen) atoms. The summed E-state index contributed by atoms with van der Waals surface area (Å²) >= 11 is 0. The fraction of sp³-hybridized carbons (Fsp3) is 0.269. The topological polar surface area (TPSA) is 117 Å². The number of rotatable bonds is 9. The molecule has 4 aromatic rings. The number of para-hydroxylation sites is 1. The highest BCUT2D eigenvalue weighted by atomic mass is 16.5. The Hall–Kier alpha value is -4.31. The Labute approximate surface area is 209 Å².